The number of carbonyl (C=O) groups excluding carboxylic acids is 1. The van der Waals surface area contributed by atoms with Gasteiger partial charge in [-0.3, -0.25) is 4.79 Å². The minimum absolute atomic E-state index is 0.132. The maximum atomic E-state index is 12.7. The first-order valence-electron chi connectivity index (χ1n) is 8.04. The van der Waals surface area contributed by atoms with E-state index in [9.17, 15) is 13.2 Å². The highest BCUT2D eigenvalue weighted by Gasteiger charge is 2.26. The van der Waals surface area contributed by atoms with Gasteiger partial charge in [-0.15, -0.1) is 0 Å². The van der Waals surface area contributed by atoms with Crippen molar-refractivity contribution in [3.63, 3.8) is 0 Å². The third-order valence-corrected chi connectivity index (χ3v) is 6.57. The fourth-order valence-electron chi connectivity index (χ4n) is 2.59. The number of hydrogen-bond donors (Lipinski definition) is 1. The van der Waals surface area contributed by atoms with Crippen LogP contribution in [0.25, 0.3) is 0 Å². The molecule has 0 radical (unpaired) electrons. The van der Waals surface area contributed by atoms with Gasteiger partial charge in [0.2, 0.25) is 15.9 Å². The van der Waals surface area contributed by atoms with Crippen molar-refractivity contribution < 1.29 is 17.9 Å². The van der Waals surface area contributed by atoms with Crippen molar-refractivity contribution in [1.82, 2.24) is 4.31 Å². The van der Waals surface area contributed by atoms with Crippen LogP contribution in [-0.2, 0) is 26.0 Å². The fourth-order valence-corrected chi connectivity index (χ4v) is 4.74. The average Bonchev–Trinajstić information content (AvgIpc) is 3.14. The van der Waals surface area contributed by atoms with E-state index in [4.69, 9.17) is 4.74 Å². The lowest BCUT2D eigenvalue weighted by molar-refractivity contribution is -0.116. The lowest BCUT2D eigenvalue weighted by atomic mass is 10.2. The van der Waals surface area contributed by atoms with E-state index < -0.39 is 10.0 Å². The zero-order chi connectivity index (χ0) is 17.7. The van der Waals surface area contributed by atoms with E-state index in [2.05, 4.69) is 5.32 Å². The van der Waals surface area contributed by atoms with E-state index in [1.165, 1.54) is 10.4 Å². The number of rotatable bonds is 6. The van der Waals surface area contributed by atoms with E-state index >= 15 is 0 Å². The molecule has 1 aliphatic heterocycles. The van der Waals surface area contributed by atoms with Crippen molar-refractivity contribution in [3.05, 3.63) is 46.7 Å². The van der Waals surface area contributed by atoms with Crippen LogP contribution in [0, 0.1) is 0 Å². The molecule has 1 N–H and O–H groups in total. The van der Waals surface area contributed by atoms with Crippen molar-refractivity contribution in [2.75, 3.05) is 31.6 Å². The number of ether oxygens (including phenoxy) is 1. The molecule has 1 aromatic heterocycles. The molecule has 6 nitrogen and oxygen atoms in total. The van der Waals surface area contributed by atoms with Crippen LogP contribution < -0.4 is 5.32 Å². The molecule has 2 heterocycles. The first-order chi connectivity index (χ1) is 12.1. The van der Waals surface area contributed by atoms with Crippen molar-refractivity contribution in [3.8, 4) is 0 Å². The van der Waals surface area contributed by atoms with Gasteiger partial charge in [-0.25, -0.2) is 8.42 Å². The molecule has 1 aromatic carbocycles. The maximum Gasteiger partial charge on any atom is 0.243 e. The molecule has 2 aromatic rings. The topological polar surface area (TPSA) is 75.7 Å². The highest BCUT2D eigenvalue weighted by atomic mass is 32.2. The van der Waals surface area contributed by atoms with Crippen LogP contribution >= 0.6 is 11.3 Å². The molecule has 134 valence electrons. The van der Waals surface area contributed by atoms with Crippen molar-refractivity contribution in [2.24, 2.45) is 0 Å². The Morgan fingerprint density at radius 1 is 1.24 bits per heavy atom. The summed E-state index contributed by atoms with van der Waals surface area (Å²) in [5, 5.41) is 6.77. The monoisotopic (exact) mass is 380 g/mol. The molecule has 0 saturated carbocycles. The summed E-state index contributed by atoms with van der Waals surface area (Å²) in [6.07, 6.45) is 1.03. The number of sulfonamides is 1. The Kier molecular flexibility index (Phi) is 5.85. The van der Waals surface area contributed by atoms with E-state index in [0.717, 1.165) is 5.56 Å². The van der Waals surface area contributed by atoms with Gasteiger partial charge in [-0.1, -0.05) is 6.07 Å². The second-order valence-corrected chi connectivity index (χ2v) is 8.44. The standard InChI is InChI=1S/C17H20N2O4S2/c20-17(5-4-14-6-11-24-13-14)18-15-2-1-3-16(12-15)25(21,22)19-7-9-23-10-8-19/h1-3,6,11-13H,4-5,7-10H2,(H,18,20). The van der Waals surface area contributed by atoms with Crippen LogP contribution in [0.4, 0.5) is 5.69 Å². The molecule has 0 spiro atoms. The van der Waals surface area contributed by atoms with Crippen LogP contribution in [0.1, 0.15) is 12.0 Å². The quantitative estimate of drug-likeness (QED) is 0.835. The summed E-state index contributed by atoms with van der Waals surface area (Å²) in [6.45, 7) is 1.50. The molecular weight excluding hydrogens is 360 g/mol. The summed E-state index contributed by atoms with van der Waals surface area (Å²) >= 11 is 1.60. The number of carbonyl (C=O) groups is 1. The number of benzene rings is 1. The smallest absolute Gasteiger partial charge is 0.243 e. The minimum Gasteiger partial charge on any atom is -0.379 e. The SMILES string of the molecule is O=C(CCc1ccsc1)Nc1cccc(S(=O)(=O)N2CCOCC2)c1. The van der Waals surface area contributed by atoms with Gasteiger partial charge in [-0.05, 0) is 47.0 Å². The number of amides is 1. The summed E-state index contributed by atoms with van der Waals surface area (Å²) in [4.78, 5) is 12.3. The predicted molar refractivity (Wildman–Crippen MR) is 97.3 cm³/mol. The molecule has 1 aliphatic rings. The number of nitrogens with zero attached hydrogens (tertiary/aromatic N) is 1. The number of morpholine rings is 1. The molecule has 1 fully saturated rings. The van der Waals surface area contributed by atoms with E-state index in [-0.39, 0.29) is 10.8 Å². The van der Waals surface area contributed by atoms with Gasteiger partial charge in [0, 0.05) is 25.2 Å². The van der Waals surface area contributed by atoms with Crippen LogP contribution in [0.5, 0.6) is 0 Å². The van der Waals surface area contributed by atoms with Gasteiger partial charge in [0.15, 0.2) is 0 Å². The molecule has 0 bridgehead atoms. The Balaban J connectivity index is 1.65. The molecule has 0 unspecified atom stereocenters. The first kappa shape index (κ1) is 18.1. The number of nitrogens with one attached hydrogen (secondary N) is 1. The summed E-state index contributed by atoms with van der Waals surface area (Å²) in [6, 6.07) is 8.38. The summed E-state index contributed by atoms with van der Waals surface area (Å²) < 4.78 is 31.9. The third-order valence-electron chi connectivity index (χ3n) is 3.95. The number of aryl methyl sites for hydroxylation is 1. The normalized spacial score (nSPS) is 15.8. The lowest BCUT2D eigenvalue weighted by Gasteiger charge is -2.26. The molecular formula is C17H20N2O4S2. The fraction of sp³-hybridized carbons (Fsp3) is 0.353. The summed E-state index contributed by atoms with van der Waals surface area (Å²) in [5.74, 6) is -0.132. The third kappa shape index (κ3) is 4.66. The molecule has 8 heteroatoms. The Bertz CT molecular complexity index is 813. The predicted octanol–water partition coefficient (Wildman–Crippen LogP) is 2.34. The van der Waals surface area contributed by atoms with Gasteiger partial charge in [0.25, 0.3) is 0 Å². The molecule has 0 aliphatic carbocycles. The number of anilines is 1. The van der Waals surface area contributed by atoms with Gasteiger partial charge in [0.1, 0.15) is 0 Å². The van der Waals surface area contributed by atoms with Gasteiger partial charge < -0.3 is 10.1 Å². The number of thiophene rings is 1. The van der Waals surface area contributed by atoms with Gasteiger partial charge in [0.05, 0.1) is 18.1 Å². The molecule has 3 rings (SSSR count). The average molecular weight is 380 g/mol. The summed E-state index contributed by atoms with van der Waals surface area (Å²) in [7, 11) is -3.56. The van der Waals surface area contributed by atoms with Crippen LogP contribution in [0.3, 0.4) is 0 Å². The van der Waals surface area contributed by atoms with E-state index in [0.29, 0.717) is 44.8 Å². The Morgan fingerprint density at radius 3 is 2.76 bits per heavy atom. The van der Waals surface area contributed by atoms with Crippen LogP contribution in [-0.4, -0.2) is 44.9 Å². The van der Waals surface area contributed by atoms with E-state index in [1.54, 1.807) is 29.5 Å². The van der Waals surface area contributed by atoms with Crippen LogP contribution in [0.15, 0.2) is 46.0 Å². The van der Waals surface area contributed by atoms with Gasteiger partial charge in [-0.2, -0.15) is 15.6 Å². The van der Waals surface area contributed by atoms with Crippen molar-refractivity contribution in [2.45, 2.75) is 17.7 Å². The molecule has 1 saturated heterocycles. The Labute approximate surface area is 151 Å². The van der Waals surface area contributed by atoms with Crippen molar-refractivity contribution >= 4 is 33.0 Å². The first-order valence-corrected chi connectivity index (χ1v) is 10.4. The highest BCUT2D eigenvalue weighted by Crippen LogP contribution is 2.21. The molecule has 1 amide bonds. The Morgan fingerprint density at radius 2 is 2.04 bits per heavy atom. The Hall–Kier alpha value is -1.74. The van der Waals surface area contributed by atoms with Crippen molar-refractivity contribution in [1.29, 1.82) is 0 Å². The molecule has 0 atom stereocenters. The maximum absolute atomic E-state index is 12.7. The zero-order valence-electron chi connectivity index (χ0n) is 13.7. The summed E-state index contributed by atoms with van der Waals surface area (Å²) in [5.41, 5.74) is 1.62. The van der Waals surface area contributed by atoms with E-state index in [1.807, 2.05) is 16.8 Å². The highest BCUT2D eigenvalue weighted by molar-refractivity contribution is 7.89. The zero-order valence-corrected chi connectivity index (χ0v) is 15.3. The van der Waals surface area contributed by atoms with Gasteiger partial charge >= 0.3 is 0 Å². The second kappa shape index (κ2) is 8.09. The lowest BCUT2D eigenvalue weighted by Crippen LogP contribution is -2.40. The number of hydrogen-bond acceptors (Lipinski definition) is 5. The second-order valence-electron chi connectivity index (χ2n) is 5.72. The van der Waals surface area contributed by atoms with Crippen LogP contribution in [0.2, 0.25) is 0 Å². The largest absolute Gasteiger partial charge is 0.379 e. The minimum atomic E-state index is -3.56. The molecule has 25 heavy (non-hydrogen) atoms.